The van der Waals surface area contributed by atoms with E-state index >= 15 is 0 Å². The van der Waals surface area contributed by atoms with Crippen LogP contribution in [0.3, 0.4) is 0 Å². The molecule has 0 atom stereocenters. The predicted molar refractivity (Wildman–Crippen MR) is 87.2 cm³/mol. The van der Waals surface area contributed by atoms with E-state index in [0.717, 1.165) is 15.7 Å². The Morgan fingerprint density at radius 2 is 1.84 bits per heavy atom. The van der Waals surface area contributed by atoms with Crippen LogP contribution in [0.2, 0.25) is 0 Å². The van der Waals surface area contributed by atoms with Gasteiger partial charge in [-0.2, -0.15) is 0 Å². The van der Waals surface area contributed by atoms with E-state index in [4.69, 9.17) is 0 Å². The molecular formula is C13H7F2I2NO. The molecule has 0 unspecified atom stereocenters. The van der Waals surface area contributed by atoms with Gasteiger partial charge >= 0.3 is 0 Å². The minimum absolute atomic E-state index is 0.0228. The Morgan fingerprint density at radius 1 is 1.11 bits per heavy atom. The summed E-state index contributed by atoms with van der Waals surface area (Å²) in [5.74, 6) is -1.30. The van der Waals surface area contributed by atoms with Gasteiger partial charge in [0.05, 0.1) is 9.26 Å². The predicted octanol–water partition coefficient (Wildman–Crippen LogP) is 4.63. The smallest absolute Gasteiger partial charge is 0.151 e. The van der Waals surface area contributed by atoms with E-state index in [1.54, 1.807) is 6.07 Å². The third-order valence-corrected chi connectivity index (χ3v) is 3.76. The molecule has 0 saturated carbocycles. The normalized spacial score (nSPS) is 11.2. The summed E-state index contributed by atoms with van der Waals surface area (Å²) in [6, 6.07) is 6.69. The number of aromatic hydroxyl groups is 1. The number of aliphatic imine (C=N–C) groups is 1. The average Bonchev–Trinajstić information content (AvgIpc) is 2.33. The largest absolute Gasteiger partial charge is 0.506 e. The molecule has 0 heterocycles. The van der Waals surface area contributed by atoms with E-state index < -0.39 is 11.6 Å². The van der Waals surface area contributed by atoms with Crippen molar-refractivity contribution in [2.24, 2.45) is 4.99 Å². The summed E-state index contributed by atoms with van der Waals surface area (Å²) in [7, 11) is 0. The second kappa shape index (κ2) is 6.12. The second-order valence-corrected chi connectivity index (χ2v) is 6.09. The van der Waals surface area contributed by atoms with Gasteiger partial charge in [-0.05, 0) is 69.4 Å². The Morgan fingerprint density at radius 3 is 2.53 bits per heavy atom. The van der Waals surface area contributed by atoms with Crippen LogP contribution >= 0.6 is 45.2 Å². The summed E-state index contributed by atoms with van der Waals surface area (Å²) < 4.78 is 27.8. The average molecular weight is 485 g/mol. The van der Waals surface area contributed by atoms with Crippen LogP contribution in [0.5, 0.6) is 5.75 Å². The molecule has 98 valence electrons. The van der Waals surface area contributed by atoms with Crippen LogP contribution in [0.15, 0.2) is 35.3 Å². The molecule has 2 nitrogen and oxygen atoms in total. The molecular weight excluding hydrogens is 478 g/mol. The molecule has 1 N–H and O–H groups in total. The summed E-state index contributed by atoms with van der Waals surface area (Å²) in [4.78, 5) is 3.93. The van der Waals surface area contributed by atoms with Gasteiger partial charge in [0.15, 0.2) is 5.82 Å². The lowest BCUT2D eigenvalue weighted by Crippen LogP contribution is -1.88. The van der Waals surface area contributed by atoms with Crippen molar-refractivity contribution in [3.63, 3.8) is 0 Å². The third kappa shape index (κ3) is 3.62. The lowest BCUT2D eigenvalue weighted by Gasteiger charge is -2.03. The Labute approximate surface area is 135 Å². The molecule has 0 aliphatic rings. The molecule has 0 aliphatic carbocycles. The summed E-state index contributed by atoms with van der Waals surface area (Å²) in [6.45, 7) is 0. The number of hydrogen-bond donors (Lipinski definition) is 1. The molecule has 0 amide bonds. The number of halogens is 4. The van der Waals surface area contributed by atoms with Crippen LogP contribution in [0.4, 0.5) is 14.5 Å². The number of hydrogen-bond acceptors (Lipinski definition) is 2. The summed E-state index contributed by atoms with van der Waals surface area (Å²) in [5.41, 5.74) is 0.509. The number of phenols is 1. The molecule has 0 spiro atoms. The molecule has 0 bridgehead atoms. The molecule has 0 aliphatic heterocycles. The number of benzene rings is 2. The van der Waals surface area contributed by atoms with Crippen LogP contribution in [-0.4, -0.2) is 11.3 Å². The van der Waals surface area contributed by atoms with Crippen LogP contribution in [0.25, 0.3) is 0 Å². The Kier molecular flexibility index (Phi) is 4.71. The first-order valence-corrected chi connectivity index (χ1v) is 7.30. The Hall–Kier alpha value is -0.770. The van der Waals surface area contributed by atoms with E-state index in [-0.39, 0.29) is 11.4 Å². The highest BCUT2D eigenvalue weighted by atomic mass is 127. The zero-order valence-electron chi connectivity index (χ0n) is 9.37. The first-order chi connectivity index (χ1) is 8.97. The van der Waals surface area contributed by atoms with Gasteiger partial charge in [0.1, 0.15) is 11.6 Å². The molecule has 2 rings (SSSR count). The minimum Gasteiger partial charge on any atom is -0.506 e. The highest BCUT2D eigenvalue weighted by Gasteiger charge is 2.06. The highest BCUT2D eigenvalue weighted by Crippen LogP contribution is 2.26. The molecule has 2 aromatic rings. The van der Waals surface area contributed by atoms with Crippen molar-refractivity contribution in [1.82, 2.24) is 0 Å². The van der Waals surface area contributed by atoms with Gasteiger partial charge in [-0.1, -0.05) is 0 Å². The maximum atomic E-state index is 13.4. The van der Waals surface area contributed by atoms with Crippen LogP contribution in [0, 0.1) is 18.8 Å². The Balaban J connectivity index is 2.38. The first-order valence-electron chi connectivity index (χ1n) is 5.14. The monoisotopic (exact) mass is 485 g/mol. The zero-order valence-corrected chi connectivity index (χ0v) is 13.7. The third-order valence-electron chi connectivity index (χ3n) is 2.31. The van der Waals surface area contributed by atoms with Gasteiger partial charge < -0.3 is 5.11 Å². The standard InChI is InChI=1S/C13H7F2I2NO/c14-8-1-2-12(10(15)4-8)18-6-7-3-9(16)5-11(17)13(7)19/h1-6,19H. The van der Waals surface area contributed by atoms with E-state index in [2.05, 4.69) is 27.6 Å². The summed E-state index contributed by atoms with van der Waals surface area (Å²) in [6.07, 6.45) is 1.36. The molecule has 6 heteroatoms. The van der Waals surface area contributed by atoms with E-state index in [1.165, 1.54) is 12.3 Å². The molecule has 0 fully saturated rings. The number of nitrogens with zero attached hydrogens (tertiary/aromatic N) is 1. The lowest BCUT2D eigenvalue weighted by molar-refractivity contribution is 0.470. The SMILES string of the molecule is Oc1c(I)cc(I)cc1C=Nc1ccc(F)cc1F. The van der Waals surface area contributed by atoms with Crippen LogP contribution < -0.4 is 0 Å². The van der Waals surface area contributed by atoms with Crippen molar-refractivity contribution < 1.29 is 13.9 Å². The van der Waals surface area contributed by atoms with E-state index in [9.17, 15) is 13.9 Å². The van der Waals surface area contributed by atoms with Gasteiger partial charge in [0.2, 0.25) is 0 Å². The fraction of sp³-hybridized carbons (Fsp3) is 0. The first kappa shape index (κ1) is 14.6. The van der Waals surface area contributed by atoms with Gasteiger partial charge in [-0.25, -0.2) is 8.78 Å². The minimum atomic E-state index is -0.740. The summed E-state index contributed by atoms with van der Waals surface area (Å²) in [5, 5.41) is 9.86. The van der Waals surface area contributed by atoms with Crippen molar-refractivity contribution in [2.45, 2.75) is 0 Å². The Bertz CT molecular complexity index is 659. The molecule has 0 radical (unpaired) electrons. The molecule has 0 saturated heterocycles. The van der Waals surface area contributed by atoms with E-state index in [1.807, 2.05) is 28.7 Å². The number of phenolic OH excluding ortho intramolecular Hbond substituents is 1. The fourth-order valence-electron chi connectivity index (χ4n) is 1.41. The lowest BCUT2D eigenvalue weighted by atomic mass is 10.2. The van der Waals surface area contributed by atoms with Gasteiger partial charge in [0.25, 0.3) is 0 Å². The molecule has 2 aromatic carbocycles. The van der Waals surface area contributed by atoms with Crippen molar-refractivity contribution in [3.8, 4) is 5.75 Å². The molecule has 0 aromatic heterocycles. The second-order valence-electron chi connectivity index (χ2n) is 3.68. The van der Waals surface area contributed by atoms with Gasteiger partial charge in [0, 0.05) is 21.4 Å². The maximum Gasteiger partial charge on any atom is 0.151 e. The van der Waals surface area contributed by atoms with Crippen molar-refractivity contribution in [3.05, 3.63) is 54.7 Å². The van der Waals surface area contributed by atoms with Crippen molar-refractivity contribution >= 4 is 57.1 Å². The highest BCUT2D eigenvalue weighted by molar-refractivity contribution is 14.1. The summed E-state index contributed by atoms with van der Waals surface area (Å²) >= 11 is 4.11. The van der Waals surface area contributed by atoms with E-state index in [0.29, 0.717) is 9.13 Å². The number of rotatable bonds is 2. The fourth-order valence-corrected chi connectivity index (χ4v) is 3.30. The van der Waals surface area contributed by atoms with Crippen molar-refractivity contribution in [1.29, 1.82) is 0 Å². The maximum absolute atomic E-state index is 13.4. The quantitative estimate of drug-likeness (QED) is 0.489. The zero-order chi connectivity index (χ0) is 14.0. The van der Waals surface area contributed by atoms with Gasteiger partial charge in [-0.15, -0.1) is 0 Å². The van der Waals surface area contributed by atoms with Crippen LogP contribution in [0.1, 0.15) is 5.56 Å². The molecule has 19 heavy (non-hydrogen) atoms. The topological polar surface area (TPSA) is 32.6 Å². The van der Waals surface area contributed by atoms with Crippen LogP contribution in [-0.2, 0) is 0 Å². The van der Waals surface area contributed by atoms with Gasteiger partial charge in [-0.3, -0.25) is 4.99 Å². The van der Waals surface area contributed by atoms with Crippen molar-refractivity contribution in [2.75, 3.05) is 0 Å².